The molecule has 1 aliphatic heterocycles. The summed E-state index contributed by atoms with van der Waals surface area (Å²) in [5.74, 6) is 0. The van der Waals surface area contributed by atoms with E-state index in [1.165, 1.54) is 21.9 Å². The second-order valence-corrected chi connectivity index (χ2v) is 8.43. The number of sulfonamides is 1. The first kappa shape index (κ1) is 16.0. The molecule has 1 fully saturated rings. The second kappa shape index (κ2) is 6.69. The van der Waals surface area contributed by atoms with Crippen molar-refractivity contribution < 1.29 is 13.2 Å². The Bertz CT molecular complexity index is 621. The number of aryl methyl sites for hydroxylation is 2. The van der Waals surface area contributed by atoms with Crippen molar-refractivity contribution in [2.75, 3.05) is 20.2 Å². The zero-order valence-corrected chi connectivity index (χ0v) is 14.1. The quantitative estimate of drug-likeness (QED) is 0.837. The summed E-state index contributed by atoms with van der Waals surface area (Å²) in [6.45, 7) is 1.33. The van der Waals surface area contributed by atoms with E-state index in [-0.39, 0.29) is 6.10 Å². The molecule has 1 aromatic rings. The van der Waals surface area contributed by atoms with Gasteiger partial charge in [0.25, 0.3) is 0 Å². The number of nitrogens with zero attached hydrogens (tertiary/aromatic N) is 1. The third-order valence-electron chi connectivity index (χ3n) is 4.82. The molecule has 1 heterocycles. The van der Waals surface area contributed by atoms with E-state index in [2.05, 4.69) is 0 Å². The molecule has 0 radical (unpaired) electrons. The van der Waals surface area contributed by atoms with Crippen molar-refractivity contribution in [2.45, 2.75) is 55.9 Å². The molecule has 0 N–H and O–H groups in total. The fourth-order valence-corrected chi connectivity index (χ4v) is 4.61. The lowest BCUT2D eigenvalue weighted by molar-refractivity contribution is 0.00950. The molecule has 3 rings (SSSR count). The zero-order chi connectivity index (χ0) is 15.6. The minimum atomic E-state index is -3.38. The summed E-state index contributed by atoms with van der Waals surface area (Å²) in [5.41, 5.74) is 2.50. The fraction of sp³-hybridized carbons (Fsp3) is 0.647. The van der Waals surface area contributed by atoms with Gasteiger partial charge in [-0.1, -0.05) is 6.07 Å². The maximum atomic E-state index is 12.7. The van der Waals surface area contributed by atoms with E-state index in [0.29, 0.717) is 11.4 Å². The summed E-state index contributed by atoms with van der Waals surface area (Å²) in [5, 5.41) is 0. The van der Waals surface area contributed by atoms with Gasteiger partial charge in [0.15, 0.2) is 0 Å². The number of benzene rings is 1. The highest BCUT2D eigenvalue weighted by Gasteiger charge is 2.24. The first-order chi connectivity index (χ1) is 10.6. The molecule has 22 heavy (non-hydrogen) atoms. The summed E-state index contributed by atoms with van der Waals surface area (Å²) in [6, 6.07) is 5.60. The molecule has 1 aromatic carbocycles. The monoisotopic (exact) mass is 323 g/mol. The van der Waals surface area contributed by atoms with Crippen molar-refractivity contribution in [1.82, 2.24) is 4.31 Å². The highest BCUT2D eigenvalue weighted by atomic mass is 32.2. The number of fused-ring (bicyclic) bond motifs is 1. The smallest absolute Gasteiger partial charge is 0.242 e. The Kier molecular flexibility index (Phi) is 4.85. The van der Waals surface area contributed by atoms with Crippen LogP contribution in [0.3, 0.4) is 0 Å². The topological polar surface area (TPSA) is 46.6 Å². The Balaban J connectivity index is 1.66. The average Bonchev–Trinajstić information content (AvgIpc) is 3.01. The lowest BCUT2D eigenvalue weighted by atomic mass is 10.1. The van der Waals surface area contributed by atoms with E-state index in [9.17, 15) is 8.42 Å². The van der Waals surface area contributed by atoms with Crippen molar-refractivity contribution in [1.29, 1.82) is 0 Å². The van der Waals surface area contributed by atoms with Crippen molar-refractivity contribution >= 4 is 10.0 Å². The van der Waals surface area contributed by atoms with Gasteiger partial charge in [0.05, 0.1) is 11.0 Å². The van der Waals surface area contributed by atoms with E-state index < -0.39 is 10.0 Å². The van der Waals surface area contributed by atoms with Gasteiger partial charge in [-0.3, -0.25) is 0 Å². The van der Waals surface area contributed by atoms with Crippen LogP contribution in [0.15, 0.2) is 23.1 Å². The molecule has 0 aromatic heterocycles. The van der Waals surface area contributed by atoms with Crippen molar-refractivity contribution in [2.24, 2.45) is 0 Å². The molecule has 122 valence electrons. The lowest BCUT2D eigenvalue weighted by Gasteiger charge is -2.25. The van der Waals surface area contributed by atoms with Crippen LogP contribution in [0, 0.1) is 0 Å². The molecule has 2 aliphatic rings. The first-order valence-electron chi connectivity index (χ1n) is 8.27. The summed E-state index contributed by atoms with van der Waals surface area (Å²) in [4.78, 5) is 0.431. The number of hydrogen-bond donors (Lipinski definition) is 0. The van der Waals surface area contributed by atoms with E-state index in [4.69, 9.17) is 4.74 Å². The molecular weight excluding hydrogens is 298 g/mol. The Morgan fingerprint density at radius 1 is 1.18 bits per heavy atom. The Hall–Kier alpha value is -0.910. The van der Waals surface area contributed by atoms with Crippen LogP contribution in [0.1, 0.15) is 43.2 Å². The molecule has 1 atom stereocenters. The molecule has 1 saturated heterocycles. The molecule has 1 aliphatic carbocycles. The van der Waals surface area contributed by atoms with Crippen molar-refractivity contribution in [3.05, 3.63) is 29.3 Å². The zero-order valence-electron chi connectivity index (χ0n) is 13.3. The molecule has 0 spiro atoms. The van der Waals surface area contributed by atoms with Crippen LogP contribution < -0.4 is 0 Å². The van der Waals surface area contributed by atoms with E-state index in [1.54, 1.807) is 13.1 Å². The van der Waals surface area contributed by atoms with Gasteiger partial charge in [-0.2, -0.15) is 0 Å². The summed E-state index contributed by atoms with van der Waals surface area (Å²) >= 11 is 0. The minimum Gasteiger partial charge on any atom is -0.378 e. The summed E-state index contributed by atoms with van der Waals surface area (Å²) in [7, 11) is -1.71. The third-order valence-corrected chi connectivity index (χ3v) is 6.67. The van der Waals surface area contributed by atoms with Gasteiger partial charge in [-0.05, 0) is 68.2 Å². The maximum Gasteiger partial charge on any atom is 0.242 e. The highest BCUT2D eigenvalue weighted by Crippen LogP contribution is 2.26. The Labute approximate surface area is 133 Å². The van der Waals surface area contributed by atoms with Crippen LogP contribution >= 0.6 is 0 Å². The largest absolute Gasteiger partial charge is 0.378 e. The predicted molar refractivity (Wildman–Crippen MR) is 86.5 cm³/mol. The van der Waals surface area contributed by atoms with Crippen LogP contribution in [-0.2, 0) is 27.6 Å². The number of rotatable bonds is 5. The normalized spacial score (nSPS) is 22.0. The average molecular weight is 323 g/mol. The van der Waals surface area contributed by atoms with Gasteiger partial charge in [-0.25, -0.2) is 12.7 Å². The van der Waals surface area contributed by atoms with E-state index in [1.807, 2.05) is 12.1 Å². The van der Waals surface area contributed by atoms with Crippen LogP contribution in [0.4, 0.5) is 0 Å². The second-order valence-electron chi connectivity index (χ2n) is 6.39. The fourth-order valence-electron chi connectivity index (χ4n) is 3.37. The molecular formula is C17H25NO3S. The molecule has 1 unspecified atom stereocenters. The van der Waals surface area contributed by atoms with Gasteiger partial charge in [0, 0.05) is 20.2 Å². The highest BCUT2D eigenvalue weighted by molar-refractivity contribution is 7.89. The standard InChI is InChI=1S/C17H25NO3S/c1-18(11-10-16-7-2-3-12-21-16)22(19,20)17-9-8-14-5-4-6-15(14)13-17/h8-9,13,16H,2-7,10-12H2,1H3. The van der Waals surface area contributed by atoms with Crippen molar-refractivity contribution in [3.8, 4) is 0 Å². The van der Waals surface area contributed by atoms with E-state index >= 15 is 0 Å². The molecule has 0 bridgehead atoms. The van der Waals surface area contributed by atoms with Gasteiger partial charge in [0.2, 0.25) is 10.0 Å². The SMILES string of the molecule is CN(CCC1CCCCO1)S(=O)(=O)c1ccc2c(c1)CCC2. The van der Waals surface area contributed by atoms with Crippen LogP contribution in [0.2, 0.25) is 0 Å². The van der Waals surface area contributed by atoms with Crippen LogP contribution in [0.5, 0.6) is 0 Å². The molecule has 5 heteroatoms. The Morgan fingerprint density at radius 2 is 2.00 bits per heavy atom. The van der Waals surface area contributed by atoms with E-state index in [0.717, 1.165) is 45.1 Å². The van der Waals surface area contributed by atoms with Gasteiger partial charge in [0.1, 0.15) is 0 Å². The maximum absolute atomic E-state index is 12.7. The number of hydrogen-bond acceptors (Lipinski definition) is 3. The van der Waals surface area contributed by atoms with Crippen molar-refractivity contribution in [3.63, 3.8) is 0 Å². The van der Waals surface area contributed by atoms with Crippen LogP contribution in [0.25, 0.3) is 0 Å². The predicted octanol–water partition coefficient (Wildman–Crippen LogP) is 2.76. The molecule has 0 amide bonds. The van der Waals surface area contributed by atoms with Gasteiger partial charge < -0.3 is 4.74 Å². The minimum absolute atomic E-state index is 0.214. The van der Waals surface area contributed by atoms with Crippen LogP contribution in [-0.4, -0.2) is 39.0 Å². The summed E-state index contributed by atoms with van der Waals surface area (Å²) < 4.78 is 32.5. The lowest BCUT2D eigenvalue weighted by Crippen LogP contribution is -2.31. The Morgan fingerprint density at radius 3 is 2.77 bits per heavy atom. The third kappa shape index (κ3) is 3.36. The first-order valence-corrected chi connectivity index (χ1v) is 9.71. The molecule has 0 saturated carbocycles. The van der Waals surface area contributed by atoms with Gasteiger partial charge >= 0.3 is 0 Å². The number of ether oxygens (including phenoxy) is 1. The summed E-state index contributed by atoms with van der Waals surface area (Å²) in [6.07, 6.45) is 7.56. The molecule has 4 nitrogen and oxygen atoms in total. The van der Waals surface area contributed by atoms with Gasteiger partial charge in [-0.15, -0.1) is 0 Å².